The molecule has 0 aromatic carbocycles. The van der Waals surface area contributed by atoms with Gasteiger partial charge in [0.2, 0.25) is 10.0 Å². The topological polar surface area (TPSA) is 62.4 Å². The fourth-order valence-corrected chi connectivity index (χ4v) is 3.90. The van der Waals surface area contributed by atoms with Crippen LogP contribution in [0.3, 0.4) is 0 Å². The molecule has 1 aromatic rings. The summed E-state index contributed by atoms with van der Waals surface area (Å²) in [6.07, 6.45) is 2.24. The Morgan fingerprint density at radius 3 is 3.00 bits per heavy atom. The third-order valence-corrected chi connectivity index (χ3v) is 5.33. The van der Waals surface area contributed by atoms with Crippen molar-refractivity contribution in [3.8, 4) is 0 Å². The molecule has 1 N–H and O–H groups in total. The maximum atomic E-state index is 12.5. The molecule has 102 valence electrons. The average Bonchev–Trinajstić information content (AvgIpc) is 2.88. The molecule has 0 aliphatic carbocycles. The van der Waals surface area contributed by atoms with E-state index >= 15 is 0 Å². The van der Waals surface area contributed by atoms with Crippen molar-refractivity contribution in [3.05, 3.63) is 18.0 Å². The number of rotatable bonds is 4. The molecule has 0 saturated carbocycles. The number of aromatic amines is 1. The number of aromatic nitrogens is 1. The Hall–Kier alpha value is -0.560. The molecule has 18 heavy (non-hydrogen) atoms. The van der Waals surface area contributed by atoms with Gasteiger partial charge in [0.25, 0.3) is 0 Å². The van der Waals surface area contributed by atoms with Crippen molar-refractivity contribution in [2.24, 2.45) is 0 Å². The van der Waals surface area contributed by atoms with Gasteiger partial charge in [0.15, 0.2) is 0 Å². The molecular weight excluding hydrogens is 276 g/mol. The highest BCUT2D eigenvalue weighted by molar-refractivity contribution is 7.89. The largest absolute Gasteiger partial charge is 0.378 e. The number of sulfonamides is 1. The van der Waals surface area contributed by atoms with E-state index in [-0.39, 0.29) is 16.8 Å². The maximum absolute atomic E-state index is 12.5. The molecule has 0 amide bonds. The number of H-pyrrole nitrogens is 1. The number of nitrogens with zero attached hydrogens (tertiary/aromatic N) is 1. The van der Waals surface area contributed by atoms with Gasteiger partial charge in [-0.05, 0) is 12.5 Å². The first kappa shape index (κ1) is 13.9. The van der Waals surface area contributed by atoms with Crippen molar-refractivity contribution >= 4 is 21.6 Å². The lowest BCUT2D eigenvalue weighted by Crippen LogP contribution is -2.48. The van der Waals surface area contributed by atoms with E-state index < -0.39 is 10.0 Å². The van der Waals surface area contributed by atoms with Crippen molar-refractivity contribution in [3.63, 3.8) is 0 Å². The zero-order valence-corrected chi connectivity index (χ0v) is 11.8. The molecule has 5 nitrogen and oxygen atoms in total. The minimum Gasteiger partial charge on any atom is -0.378 e. The van der Waals surface area contributed by atoms with E-state index in [1.807, 2.05) is 6.92 Å². The second-order valence-electron chi connectivity index (χ2n) is 4.25. The second-order valence-corrected chi connectivity index (χ2v) is 6.40. The van der Waals surface area contributed by atoms with Crippen LogP contribution in [0.4, 0.5) is 0 Å². The summed E-state index contributed by atoms with van der Waals surface area (Å²) in [6, 6.07) is 1.50. The standard InChI is InChI=1S/C11H17ClN2O3S/c1-2-10-8-17-4-3-14(10)18(15,16)11-5-9(6-12)13-7-11/h5,7,10,13H,2-4,6,8H2,1H3. The highest BCUT2D eigenvalue weighted by Crippen LogP contribution is 2.23. The molecule has 7 heteroatoms. The Balaban J connectivity index is 2.28. The van der Waals surface area contributed by atoms with Crippen LogP contribution in [0.1, 0.15) is 19.0 Å². The van der Waals surface area contributed by atoms with Crippen LogP contribution in [0, 0.1) is 0 Å². The average molecular weight is 293 g/mol. The fraction of sp³-hybridized carbons (Fsp3) is 0.636. The van der Waals surface area contributed by atoms with Gasteiger partial charge in [-0.25, -0.2) is 8.42 Å². The summed E-state index contributed by atoms with van der Waals surface area (Å²) in [7, 11) is -3.45. The normalized spacial score (nSPS) is 22.2. The summed E-state index contributed by atoms with van der Waals surface area (Å²) in [5.74, 6) is 0.274. The van der Waals surface area contributed by atoms with E-state index in [0.717, 1.165) is 6.42 Å². The Morgan fingerprint density at radius 2 is 2.39 bits per heavy atom. The van der Waals surface area contributed by atoms with Crippen molar-refractivity contribution in [2.45, 2.75) is 30.2 Å². The molecule has 1 saturated heterocycles. The van der Waals surface area contributed by atoms with Gasteiger partial charge in [0.1, 0.15) is 0 Å². The number of morpholine rings is 1. The molecule has 0 bridgehead atoms. The minimum atomic E-state index is -3.45. The molecular formula is C11H17ClN2O3S. The van der Waals surface area contributed by atoms with E-state index in [1.54, 1.807) is 6.07 Å². The molecule has 1 atom stereocenters. The van der Waals surface area contributed by atoms with Crippen LogP contribution in [-0.4, -0.2) is 43.5 Å². The number of hydrogen-bond donors (Lipinski definition) is 1. The summed E-state index contributed by atoms with van der Waals surface area (Å²) < 4.78 is 31.8. The number of ether oxygens (including phenoxy) is 1. The molecule has 1 aliphatic heterocycles. The van der Waals surface area contributed by atoms with Crippen LogP contribution in [0.2, 0.25) is 0 Å². The highest BCUT2D eigenvalue weighted by atomic mass is 35.5. The third kappa shape index (κ3) is 2.56. The van der Waals surface area contributed by atoms with Crippen molar-refractivity contribution in [1.82, 2.24) is 9.29 Å². The predicted octanol–water partition coefficient (Wildman–Crippen LogP) is 1.55. The Labute approximate surface area is 112 Å². The summed E-state index contributed by atoms with van der Waals surface area (Å²) in [5, 5.41) is 0. The molecule has 1 aliphatic rings. The van der Waals surface area contributed by atoms with E-state index in [4.69, 9.17) is 16.3 Å². The van der Waals surface area contributed by atoms with Crippen molar-refractivity contribution in [2.75, 3.05) is 19.8 Å². The van der Waals surface area contributed by atoms with Crippen LogP contribution < -0.4 is 0 Å². The Kier molecular flexibility index (Phi) is 4.32. The smallest absolute Gasteiger partial charge is 0.244 e. The lowest BCUT2D eigenvalue weighted by atomic mass is 10.2. The van der Waals surface area contributed by atoms with Crippen LogP contribution in [-0.2, 0) is 20.6 Å². The van der Waals surface area contributed by atoms with Crippen LogP contribution in [0.15, 0.2) is 17.2 Å². The van der Waals surface area contributed by atoms with Crippen LogP contribution in [0.5, 0.6) is 0 Å². The summed E-state index contributed by atoms with van der Waals surface area (Å²) in [6.45, 7) is 3.27. The highest BCUT2D eigenvalue weighted by Gasteiger charge is 2.33. The molecule has 1 aromatic heterocycles. The number of halogens is 1. The number of hydrogen-bond acceptors (Lipinski definition) is 3. The van der Waals surface area contributed by atoms with E-state index in [9.17, 15) is 8.42 Å². The van der Waals surface area contributed by atoms with Gasteiger partial charge >= 0.3 is 0 Å². The van der Waals surface area contributed by atoms with Gasteiger partial charge < -0.3 is 9.72 Å². The van der Waals surface area contributed by atoms with E-state index in [0.29, 0.717) is 25.5 Å². The first-order valence-corrected chi connectivity index (χ1v) is 7.90. The van der Waals surface area contributed by atoms with Crippen LogP contribution >= 0.6 is 11.6 Å². The first-order valence-electron chi connectivity index (χ1n) is 5.92. The van der Waals surface area contributed by atoms with Crippen molar-refractivity contribution in [1.29, 1.82) is 0 Å². The van der Waals surface area contributed by atoms with Crippen LogP contribution in [0.25, 0.3) is 0 Å². The quantitative estimate of drug-likeness (QED) is 0.857. The van der Waals surface area contributed by atoms with E-state index in [2.05, 4.69) is 4.98 Å². The predicted molar refractivity (Wildman–Crippen MR) is 69.1 cm³/mol. The van der Waals surface area contributed by atoms with Gasteiger partial charge in [-0.15, -0.1) is 11.6 Å². The fourth-order valence-electron chi connectivity index (χ4n) is 2.06. The second kappa shape index (κ2) is 5.61. The SMILES string of the molecule is CCC1COCCN1S(=O)(=O)c1c[nH]c(CCl)c1. The van der Waals surface area contributed by atoms with Gasteiger partial charge in [-0.3, -0.25) is 0 Å². The number of alkyl halides is 1. The lowest BCUT2D eigenvalue weighted by Gasteiger charge is -2.33. The minimum absolute atomic E-state index is 0.0851. The van der Waals surface area contributed by atoms with Gasteiger partial charge in [-0.2, -0.15) is 4.31 Å². The molecule has 2 heterocycles. The van der Waals surface area contributed by atoms with Gasteiger partial charge in [0.05, 0.1) is 24.0 Å². The van der Waals surface area contributed by atoms with Crippen molar-refractivity contribution < 1.29 is 13.2 Å². The summed E-state index contributed by atoms with van der Waals surface area (Å²) >= 11 is 5.67. The van der Waals surface area contributed by atoms with Gasteiger partial charge in [-0.1, -0.05) is 6.92 Å². The maximum Gasteiger partial charge on any atom is 0.244 e. The molecule has 0 radical (unpaired) electrons. The molecule has 0 spiro atoms. The summed E-state index contributed by atoms with van der Waals surface area (Å²) in [4.78, 5) is 3.14. The number of nitrogens with one attached hydrogen (secondary N) is 1. The van der Waals surface area contributed by atoms with Gasteiger partial charge in [0, 0.05) is 24.5 Å². The molecule has 1 unspecified atom stereocenters. The molecule has 2 rings (SSSR count). The zero-order chi connectivity index (χ0) is 13.2. The Morgan fingerprint density at radius 1 is 1.61 bits per heavy atom. The lowest BCUT2D eigenvalue weighted by molar-refractivity contribution is 0.0314. The molecule has 1 fully saturated rings. The zero-order valence-electron chi connectivity index (χ0n) is 10.2. The third-order valence-electron chi connectivity index (χ3n) is 3.11. The van der Waals surface area contributed by atoms with E-state index in [1.165, 1.54) is 10.5 Å². The first-order chi connectivity index (χ1) is 8.59. The monoisotopic (exact) mass is 292 g/mol. The summed E-state index contributed by atoms with van der Waals surface area (Å²) in [5.41, 5.74) is 0.705. The Bertz CT molecular complexity index is 500.